The second-order valence-corrected chi connectivity index (χ2v) is 5.32. The lowest BCUT2D eigenvalue weighted by Gasteiger charge is -2.12. The molecule has 1 aromatic heterocycles. The monoisotopic (exact) mass is 284 g/mol. The Morgan fingerprint density at radius 1 is 1.40 bits per heavy atom. The van der Waals surface area contributed by atoms with E-state index in [0.29, 0.717) is 11.3 Å². The molecule has 0 saturated carbocycles. The van der Waals surface area contributed by atoms with Gasteiger partial charge in [-0.2, -0.15) is 5.26 Å². The van der Waals surface area contributed by atoms with Crippen LogP contribution in [0, 0.1) is 11.3 Å². The summed E-state index contributed by atoms with van der Waals surface area (Å²) in [6, 6.07) is 10.7. The van der Waals surface area contributed by atoms with Crippen molar-refractivity contribution in [1.82, 2.24) is 9.97 Å². The number of para-hydroxylation sites is 1. The zero-order valence-corrected chi connectivity index (χ0v) is 11.6. The van der Waals surface area contributed by atoms with E-state index in [-0.39, 0.29) is 11.2 Å². The molecular weight excluding hydrogens is 272 g/mol. The maximum Gasteiger partial charge on any atom is 0.237 e. The third-order valence-corrected chi connectivity index (χ3v) is 3.58. The van der Waals surface area contributed by atoms with Crippen LogP contribution < -0.4 is 5.32 Å². The van der Waals surface area contributed by atoms with E-state index < -0.39 is 0 Å². The number of anilines is 1. The minimum atomic E-state index is -0.323. The highest BCUT2D eigenvalue weighted by Gasteiger charge is 2.16. The van der Waals surface area contributed by atoms with Crippen LogP contribution in [0.15, 0.2) is 47.9 Å². The second kappa shape index (κ2) is 6.68. The van der Waals surface area contributed by atoms with E-state index in [9.17, 15) is 4.79 Å². The smallest absolute Gasteiger partial charge is 0.237 e. The number of benzene rings is 1. The van der Waals surface area contributed by atoms with Gasteiger partial charge in [0, 0.05) is 6.20 Å². The molecule has 2 rings (SSSR count). The molecule has 0 aliphatic carbocycles. The maximum atomic E-state index is 12.1. The van der Waals surface area contributed by atoms with Crippen LogP contribution >= 0.6 is 11.8 Å². The van der Waals surface area contributed by atoms with Crippen molar-refractivity contribution in [1.29, 1.82) is 5.26 Å². The van der Waals surface area contributed by atoms with Gasteiger partial charge in [-0.25, -0.2) is 9.97 Å². The molecule has 1 N–H and O–H groups in total. The van der Waals surface area contributed by atoms with Crippen molar-refractivity contribution in [2.24, 2.45) is 0 Å². The minimum absolute atomic E-state index is 0.170. The van der Waals surface area contributed by atoms with E-state index in [2.05, 4.69) is 15.3 Å². The van der Waals surface area contributed by atoms with Crippen LogP contribution in [-0.2, 0) is 4.79 Å². The number of hydrogen-bond donors (Lipinski definition) is 1. The van der Waals surface area contributed by atoms with Crippen LogP contribution in [0.2, 0.25) is 0 Å². The van der Waals surface area contributed by atoms with Gasteiger partial charge in [-0.05, 0) is 25.1 Å². The quantitative estimate of drug-likeness (QED) is 0.689. The Bertz CT molecular complexity index is 639. The molecule has 0 saturated heterocycles. The van der Waals surface area contributed by atoms with Crippen molar-refractivity contribution in [3.05, 3.63) is 48.4 Å². The number of aromatic nitrogens is 2. The molecule has 20 heavy (non-hydrogen) atoms. The lowest BCUT2D eigenvalue weighted by molar-refractivity contribution is -0.115. The number of nitriles is 1. The summed E-state index contributed by atoms with van der Waals surface area (Å²) in [6.45, 7) is 1.79. The van der Waals surface area contributed by atoms with E-state index >= 15 is 0 Å². The standard InChI is InChI=1S/C14H12N4OS/c1-10(20-13-6-7-16-9-17-13)14(19)18-12-5-3-2-4-11(12)8-15/h2-7,9-10H,1H3,(H,18,19). The first-order valence-corrected chi connectivity index (χ1v) is 6.81. The molecule has 5 nitrogen and oxygen atoms in total. The Balaban J connectivity index is 2.03. The van der Waals surface area contributed by atoms with Crippen molar-refractivity contribution in [3.8, 4) is 6.07 Å². The van der Waals surface area contributed by atoms with Crippen LogP contribution in [0.5, 0.6) is 0 Å². The molecular formula is C14H12N4OS. The fraction of sp³-hybridized carbons (Fsp3) is 0.143. The predicted molar refractivity (Wildman–Crippen MR) is 77.1 cm³/mol. The summed E-state index contributed by atoms with van der Waals surface area (Å²) in [5.74, 6) is -0.170. The number of hydrogen-bond acceptors (Lipinski definition) is 5. The first-order chi connectivity index (χ1) is 9.70. The summed E-state index contributed by atoms with van der Waals surface area (Å²) in [7, 11) is 0. The molecule has 0 radical (unpaired) electrons. The lowest BCUT2D eigenvalue weighted by atomic mass is 10.2. The Morgan fingerprint density at radius 2 is 2.20 bits per heavy atom. The van der Waals surface area contributed by atoms with Crippen LogP contribution in [0.25, 0.3) is 0 Å². The topological polar surface area (TPSA) is 78.7 Å². The molecule has 1 amide bonds. The highest BCUT2D eigenvalue weighted by atomic mass is 32.2. The number of amides is 1. The number of rotatable bonds is 4. The van der Waals surface area contributed by atoms with Crippen LogP contribution in [0.3, 0.4) is 0 Å². The van der Waals surface area contributed by atoms with E-state index in [4.69, 9.17) is 5.26 Å². The zero-order chi connectivity index (χ0) is 14.4. The molecule has 2 aromatic rings. The maximum absolute atomic E-state index is 12.1. The van der Waals surface area contributed by atoms with Gasteiger partial charge in [0.15, 0.2) is 0 Å². The molecule has 1 aromatic carbocycles. The third-order valence-electron chi connectivity index (χ3n) is 2.53. The molecule has 0 aliphatic rings. The molecule has 6 heteroatoms. The van der Waals surface area contributed by atoms with E-state index in [0.717, 1.165) is 5.03 Å². The van der Waals surface area contributed by atoms with Gasteiger partial charge in [-0.15, -0.1) is 0 Å². The van der Waals surface area contributed by atoms with Crippen molar-refractivity contribution >= 4 is 23.4 Å². The van der Waals surface area contributed by atoms with Crippen LogP contribution in [0.1, 0.15) is 12.5 Å². The second-order valence-electron chi connectivity index (χ2n) is 3.95. The van der Waals surface area contributed by atoms with Crippen LogP contribution in [0.4, 0.5) is 5.69 Å². The Hall–Kier alpha value is -2.39. The number of nitrogens with zero attached hydrogens (tertiary/aromatic N) is 3. The third kappa shape index (κ3) is 3.56. The summed E-state index contributed by atoms with van der Waals surface area (Å²) in [5.41, 5.74) is 0.968. The van der Waals surface area contributed by atoms with Gasteiger partial charge in [0.1, 0.15) is 17.4 Å². The molecule has 0 bridgehead atoms. The molecule has 1 atom stereocenters. The number of thioether (sulfide) groups is 1. The van der Waals surface area contributed by atoms with Crippen molar-refractivity contribution in [2.75, 3.05) is 5.32 Å². The fourth-order valence-corrected chi connectivity index (χ4v) is 2.28. The van der Waals surface area contributed by atoms with Crippen molar-refractivity contribution < 1.29 is 4.79 Å². The summed E-state index contributed by atoms with van der Waals surface area (Å²) < 4.78 is 0. The average molecular weight is 284 g/mol. The van der Waals surface area contributed by atoms with Gasteiger partial charge >= 0.3 is 0 Å². The van der Waals surface area contributed by atoms with Gasteiger partial charge in [0.2, 0.25) is 5.91 Å². The van der Waals surface area contributed by atoms with Crippen molar-refractivity contribution in [2.45, 2.75) is 17.2 Å². The van der Waals surface area contributed by atoms with Crippen LogP contribution in [-0.4, -0.2) is 21.1 Å². The highest BCUT2D eigenvalue weighted by molar-refractivity contribution is 8.00. The normalized spacial score (nSPS) is 11.4. The number of carbonyl (C=O) groups is 1. The minimum Gasteiger partial charge on any atom is -0.324 e. The lowest BCUT2D eigenvalue weighted by Crippen LogP contribution is -2.23. The Kier molecular flexibility index (Phi) is 4.69. The molecule has 1 unspecified atom stereocenters. The predicted octanol–water partition coefficient (Wildman–Crippen LogP) is 2.47. The average Bonchev–Trinajstić information content (AvgIpc) is 2.48. The SMILES string of the molecule is CC(Sc1ccncn1)C(=O)Nc1ccccc1C#N. The molecule has 0 spiro atoms. The highest BCUT2D eigenvalue weighted by Crippen LogP contribution is 2.22. The van der Waals surface area contributed by atoms with Gasteiger partial charge in [-0.3, -0.25) is 4.79 Å². The molecule has 0 aliphatic heterocycles. The first kappa shape index (κ1) is 14.0. The number of carbonyl (C=O) groups excluding carboxylic acids is 1. The molecule has 100 valence electrons. The van der Waals surface area contributed by atoms with E-state index in [1.807, 2.05) is 6.07 Å². The van der Waals surface area contributed by atoms with E-state index in [1.54, 1.807) is 43.5 Å². The van der Waals surface area contributed by atoms with Gasteiger partial charge in [0.05, 0.1) is 16.5 Å². The largest absolute Gasteiger partial charge is 0.324 e. The summed E-state index contributed by atoms with van der Waals surface area (Å²) >= 11 is 1.34. The van der Waals surface area contributed by atoms with Crippen molar-refractivity contribution in [3.63, 3.8) is 0 Å². The molecule has 0 fully saturated rings. The van der Waals surface area contributed by atoms with Gasteiger partial charge in [0.25, 0.3) is 0 Å². The number of nitrogens with one attached hydrogen (secondary N) is 1. The zero-order valence-electron chi connectivity index (χ0n) is 10.8. The molecule has 1 heterocycles. The summed E-state index contributed by atoms with van der Waals surface area (Å²) in [6.07, 6.45) is 3.07. The van der Waals surface area contributed by atoms with Gasteiger partial charge < -0.3 is 5.32 Å². The summed E-state index contributed by atoms with van der Waals surface area (Å²) in [5, 5.41) is 12.1. The first-order valence-electron chi connectivity index (χ1n) is 5.93. The summed E-state index contributed by atoms with van der Waals surface area (Å²) in [4.78, 5) is 20.0. The van der Waals surface area contributed by atoms with Gasteiger partial charge in [-0.1, -0.05) is 23.9 Å². The fourth-order valence-electron chi connectivity index (χ4n) is 1.51. The van der Waals surface area contributed by atoms with E-state index in [1.165, 1.54) is 18.1 Å². The Labute approximate surface area is 121 Å². The Morgan fingerprint density at radius 3 is 2.90 bits per heavy atom.